The third kappa shape index (κ3) is 38.0. The van der Waals surface area contributed by atoms with Crippen LogP contribution in [0.1, 0.15) is 232 Å². The Bertz CT molecular complexity index is 353. The molecule has 5 unspecified atom stereocenters. The van der Waals surface area contributed by atoms with Gasteiger partial charge in [-0.3, -0.25) is 0 Å². The second kappa shape index (κ2) is 46.0. The minimum Gasteiger partial charge on any atom is -0.0683 e. The van der Waals surface area contributed by atoms with Gasteiger partial charge in [0.1, 0.15) is 0 Å². The van der Waals surface area contributed by atoms with Crippen molar-refractivity contribution in [1.82, 2.24) is 0 Å². The van der Waals surface area contributed by atoms with Gasteiger partial charge in [0.2, 0.25) is 0 Å². The van der Waals surface area contributed by atoms with Gasteiger partial charge in [0, 0.05) is 0 Å². The highest BCUT2D eigenvalue weighted by Gasteiger charge is 2.28. The second-order valence-corrected chi connectivity index (χ2v) is 12.1. The molecule has 2 fully saturated rings. The van der Waals surface area contributed by atoms with Crippen LogP contribution in [0.5, 0.6) is 0 Å². The van der Waals surface area contributed by atoms with Crippen LogP contribution in [0.2, 0.25) is 0 Å². The smallest absolute Gasteiger partial charge is 0.0360 e. The maximum Gasteiger partial charge on any atom is -0.0360 e. The molecule has 0 N–H and O–H groups in total. The maximum atomic E-state index is 2.58. The van der Waals surface area contributed by atoms with Crippen LogP contribution < -0.4 is 0 Å². The van der Waals surface area contributed by atoms with Crippen molar-refractivity contribution >= 4 is 0 Å². The average Bonchev–Trinajstić information content (AvgIpc) is 3.08. The summed E-state index contributed by atoms with van der Waals surface area (Å²) in [7, 11) is 0. The highest BCUT2D eigenvalue weighted by atomic mass is 14.3. The van der Waals surface area contributed by atoms with Crippen molar-refractivity contribution in [3.8, 4) is 0 Å². The minimum atomic E-state index is 0.976. The summed E-state index contributed by atoms with van der Waals surface area (Å²) in [4.78, 5) is 0. The Kier molecular flexibility index (Phi) is 57.1. The van der Waals surface area contributed by atoms with Gasteiger partial charge >= 0.3 is 0 Å². The molecule has 0 aliphatic heterocycles. The third-order valence-electron chi connectivity index (χ3n) is 8.15. The standard InChI is InChI=1S/C20H38.C6H14.C5H12.C3H8.3C2H6/c1-16-8-4-6-10-19-11-7-5-9-17(2)13-15-20(19)18(3)14-12-16;1-3-5-6-4-2;1-3-5-4-2;1-3-2;3*1-2/h16-20H,4-15H2,1-3H3;3-6H2,1-2H3;3-5H2,1-2H3;3H2,1-2H3;3*1-2H3. The highest BCUT2D eigenvalue weighted by Crippen LogP contribution is 2.40. The summed E-state index contributed by atoms with van der Waals surface area (Å²) in [6, 6.07) is 0. The first kappa shape index (κ1) is 49.7. The Morgan fingerprint density at radius 2 is 0.725 bits per heavy atom. The van der Waals surface area contributed by atoms with Gasteiger partial charge in [-0.1, -0.05) is 226 Å². The Balaban J connectivity index is -0.000000169. The van der Waals surface area contributed by atoms with Crippen molar-refractivity contribution in [2.24, 2.45) is 29.6 Å². The molecule has 2 rings (SSSR count). The first-order valence-corrected chi connectivity index (χ1v) is 19.4. The summed E-state index contributed by atoms with van der Waals surface area (Å²) < 4.78 is 0. The van der Waals surface area contributed by atoms with Gasteiger partial charge in [0.25, 0.3) is 0 Å². The van der Waals surface area contributed by atoms with E-state index in [-0.39, 0.29) is 0 Å². The van der Waals surface area contributed by atoms with Gasteiger partial charge < -0.3 is 0 Å². The molecule has 0 radical (unpaired) electrons. The van der Waals surface area contributed by atoms with E-state index in [0.717, 1.165) is 29.6 Å². The largest absolute Gasteiger partial charge is 0.0683 e. The summed E-state index contributed by atoms with van der Waals surface area (Å²) in [5, 5.41) is 0. The Morgan fingerprint density at radius 3 is 1.05 bits per heavy atom. The van der Waals surface area contributed by atoms with Crippen LogP contribution in [0.3, 0.4) is 0 Å². The topological polar surface area (TPSA) is 0 Å². The molecule has 2 saturated carbocycles. The molecule has 0 heterocycles. The number of hydrogen-bond donors (Lipinski definition) is 0. The third-order valence-corrected chi connectivity index (χ3v) is 8.15. The molecule has 0 aromatic rings. The maximum absolute atomic E-state index is 2.58. The monoisotopic (exact) mass is 571 g/mol. The summed E-state index contributed by atoms with van der Waals surface area (Å²) >= 11 is 0. The van der Waals surface area contributed by atoms with Crippen LogP contribution in [-0.4, -0.2) is 0 Å². The van der Waals surface area contributed by atoms with Crippen molar-refractivity contribution in [3.05, 3.63) is 0 Å². The molecule has 0 saturated heterocycles. The normalized spacial score (nSPS) is 24.2. The molecular weight excluding hydrogens is 480 g/mol. The van der Waals surface area contributed by atoms with Crippen LogP contribution in [0.25, 0.3) is 0 Å². The molecule has 2 aliphatic carbocycles. The number of rotatable bonds is 5. The zero-order valence-corrected chi connectivity index (χ0v) is 32.0. The van der Waals surface area contributed by atoms with Crippen molar-refractivity contribution in [2.45, 2.75) is 232 Å². The fraction of sp³-hybridized carbons (Fsp3) is 1.00. The minimum absolute atomic E-state index is 0.976. The predicted octanol–water partition coefficient (Wildman–Crippen LogP) is 16.1. The van der Waals surface area contributed by atoms with Crippen LogP contribution >= 0.6 is 0 Å². The lowest BCUT2D eigenvalue weighted by Crippen LogP contribution is -2.24. The predicted molar refractivity (Wildman–Crippen MR) is 195 cm³/mol. The van der Waals surface area contributed by atoms with Crippen LogP contribution in [0.15, 0.2) is 0 Å². The number of hydrogen-bond acceptors (Lipinski definition) is 0. The highest BCUT2D eigenvalue weighted by molar-refractivity contribution is 4.79. The zero-order valence-electron chi connectivity index (χ0n) is 32.0. The Hall–Kier alpha value is 0. The van der Waals surface area contributed by atoms with E-state index in [9.17, 15) is 0 Å². The number of fused-ring (bicyclic) bond motifs is 1. The first-order valence-electron chi connectivity index (χ1n) is 19.4. The molecule has 2 aliphatic rings. The van der Waals surface area contributed by atoms with E-state index in [1.165, 1.54) is 128 Å². The lowest BCUT2D eigenvalue weighted by molar-refractivity contribution is 0.168. The van der Waals surface area contributed by atoms with Crippen LogP contribution in [0.4, 0.5) is 0 Å². The molecule has 0 heteroatoms. The van der Waals surface area contributed by atoms with Crippen LogP contribution in [0, 0.1) is 29.6 Å². The molecule has 0 amide bonds. The van der Waals surface area contributed by atoms with Gasteiger partial charge in [0.05, 0.1) is 0 Å². The molecule has 5 atom stereocenters. The Labute approximate surface area is 261 Å². The van der Waals surface area contributed by atoms with E-state index in [2.05, 4.69) is 62.3 Å². The fourth-order valence-electron chi connectivity index (χ4n) is 5.74. The zero-order chi connectivity index (χ0) is 32.0. The lowest BCUT2D eigenvalue weighted by atomic mass is 9.72. The van der Waals surface area contributed by atoms with Gasteiger partial charge in [0.15, 0.2) is 0 Å². The molecule has 40 heavy (non-hydrogen) atoms. The van der Waals surface area contributed by atoms with Crippen molar-refractivity contribution in [1.29, 1.82) is 0 Å². The first-order chi connectivity index (χ1) is 19.4. The van der Waals surface area contributed by atoms with E-state index in [4.69, 9.17) is 0 Å². The molecular formula is C40H90. The molecule has 0 nitrogen and oxygen atoms in total. The number of unbranched alkanes of at least 4 members (excludes halogenated alkanes) is 5. The van der Waals surface area contributed by atoms with Crippen molar-refractivity contribution in [3.63, 3.8) is 0 Å². The SMILES string of the molecule is CC.CC.CC.CC1CCCCC2CCCCC(C)CCC2C(C)CC1.CCC.CCCCC.CCCCCC. The van der Waals surface area contributed by atoms with Crippen molar-refractivity contribution < 1.29 is 0 Å². The van der Waals surface area contributed by atoms with E-state index >= 15 is 0 Å². The van der Waals surface area contributed by atoms with Gasteiger partial charge in [-0.2, -0.15) is 0 Å². The summed E-state index contributed by atoms with van der Waals surface area (Å²) in [6.45, 7) is 32.7. The summed E-state index contributed by atoms with van der Waals surface area (Å²) in [5.41, 5.74) is 0. The van der Waals surface area contributed by atoms with Gasteiger partial charge in [-0.25, -0.2) is 0 Å². The molecule has 0 aromatic heterocycles. The lowest BCUT2D eigenvalue weighted by Gasteiger charge is -2.34. The van der Waals surface area contributed by atoms with Gasteiger partial charge in [-0.15, -0.1) is 0 Å². The fourth-order valence-corrected chi connectivity index (χ4v) is 5.74. The molecule has 0 bridgehead atoms. The Morgan fingerprint density at radius 1 is 0.400 bits per heavy atom. The summed E-state index contributed by atoms with van der Waals surface area (Å²) in [6.07, 6.45) is 28.9. The second-order valence-electron chi connectivity index (χ2n) is 12.1. The van der Waals surface area contributed by atoms with E-state index in [1.807, 2.05) is 41.5 Å². The van der Waals surface area contributed by atoms with Gasteiger partial charge in [-0.05, 0) is 36.0 Å². The molecule has 0 spiro atoms. The molecule has 0 aromatic carbocycles. The van der Waals surface area contributed by atoms with Crippen molar-refractivity contribution in [2.75, 3.05) is 0 Å². The summed E-state index contributed by atoms with van der Waals surface area (Å²) in [5.74, 6) is 5.04. The van der Waals surface area contributed by atoms with E-state index < -0.39 is 0 Å². The van der Waals surface area contributed by atoms with E-state index in [0.29, 0.717) is 0 Å². The quantitative estimate of drug-likeness (QED) is 0.288. The van der Waals surface area contributed by atoms with E-state index in [1.54, 1.807) is 0 Å². The van der Waals surface area contributed by atoms with Crippen LogP contribution in [-0.2, 0) is 0 Å². The molecule has 250 valence electrons. The average molecular weight is 571 g/mol.